The second kappa shape index (κ2) is 5.88. The zero-order valence-electron chi connectivity index (χ0n) is 12.6. The van der Waals surface area contributed by atoms with E-state index in [4.69, 9.17) is 26.8 Å². The first-order valence-corrected chi connectivity index (χ1v) is 8.16. The molecule has 1 unspecified atom stereocenters. The fourth-order valence-corrected chi connectivity index (χ4v) is 4.23. The lowest BCUT2D eigenvalue weighted by molar-refractivity contribution is -0.256. The molecule has 3 fully saturated rings. The maximum absolute atomic E-state index is 6.46. The van der Waals surface area contributed by atoms with Crippen LogP contribution in [-0.4, -0.2) is 25.0 Å². The van der Waals surface area contributed by atoms with E-state index in [1.165, 1.54) is 5.56 Å². The molecule has 1 saturated carbocycles. The summed E-state index contributed by atoms with van der Waals surface area (Å²) in [6, 6.07) is 8.06. The van der Waals surface area contributed by atoms with Crippen LogP contribution in [0, 0.1) is 5.92 Å². The van der Waals surface area contributed by atoms with Crippen molar-refractivity contribution in [2.45, 2.75) is 49.9 Å². The minimum atomic E-state index is -0.443. The molecule has 2 aliphatic heterocycles. The van der Waals surface area contributed by atoms with Crippen LogP contribution in [0.25, 0.3) is 0 Å². The van der Waals surface area contributed by atoms with Crippen LogP contribution in [0.3, 0.4) is 0 Å². The van der Waals surface area contributed by atoms with Gasteiger partial charge in [0.15, 0.2) is 0 Å². The van der Waals surface area contributed by atoms with Gasteiger partial charge in [0.05, 0.1) is 5.60 Å². The summed E-state index contributed by atoms with van der Waals surface area (Å²) in [5.41, 5.74) is 7.01. The molecule has 1 atom stereocenters. The van der Waals surface area contributed by atoms with Crippen molar-refractivity contribution in [1.82, 2.24) is 0 Å². The third-order valence-corrected chi connectivity index (χ3v) is 5.34. The van der Waals surface area contributed by atoms with E-state index in [0.717, 1.165) is 43.5 Å². The monoisotopic (exact) mass is 309 g/mol. The third-order valence-electron chi connectivity index (χ3n) is 5.10. The van der Waals surface area contributed by atoms with Crippen molar-refractivity contribution in [1.29, 1.82) is 0 Å². The number of ether oxygens (including phenoxy) is 2. The zero-order valence-corrected chi connectivity index (χ0v) is 13.4. The molecule has 1 aromatic carbocycles. The SMILES string of the molecule is COCCC1(Cc2cccc(Cl)c2)OC2(N)CCC1CC2. The summed E-state index contributed by atoms with van der Waals surface area (Å²) < 4.78 is 11.8. The average molecular weight is 310 g/mol. The van der Waals surface area contributed by atoms with Gasteiger partial charge in [-0.25, -0.2) is 0 Å². The van der Waals surface area contributed by atoms with E-state index in [1.807, 2.05) is 18.2 Å². The predicted octanol–water partition coefficient (Wildman–Crippen LogP) is 3.53. The minimum Gasteiger partial charge on any atom is -0.385 e. The Morgan fingerprint density at radius 3 is 2.76 bits per heavy atom. The molecule has 3 nitrogen and oxygen atoms in total. The van der Waals surface area contributed by atoms with E-state index < -0.39 is 5.72 Å². The fourth-order valence-electron chi connectivity index (χ4n) is 4.01. The van der Waals surface area contributed by atoms with E-state index in [1.54, 1.807) is 7.11 Å². The standard InChI is InChI=1S/C17H24ClNO2/c1-20-10-9-16(12-13-3-2-4-15(18)11-13)14-5-7-17(19,21-16)8-6-14/h2-4,11,14H,5-10,12,19H2,1H3. The Balaban J connectivity index is 1.87. The van der Waals surface area contributed by atoms with Crippen LogP contribution in [0.15, 0.2) is 24.3 Å². The summed E-state index contributed by atoms with van der Waals surface area (Å²) in [5.74, 6) is 0.567. The van der Waals surface area contributed by atoms with Crippen LogP contribution < -0.4 is 5.73 Å². The normalized spacial score (nSPS) is 35.1. The molecule has 0 spiro atoms. The summed E-state index contributed by atoms with van der Waals surface area (Å²) in [7, 11) is 1.74. The summed E-state index contributed by atoms with van der Waals surface area (Å²) in [6.07, 6.45) is 6.01. The van der Waals surface area contributed by atoms with Crippen molar-refractivity contribution in [3.05, 3.63) is 34.9 Å². The fraction of sp³-hybridized carbons (Fsp3) is 0.647. The van der Waals surface area contributed by atoms with Gasteiger partial charge in [0, 0.05) is 31.6 Å². The van der Waals surface area contributed by atoms with E-state index in [-0.39, 0.29) is 5.60 Å². The Bertz CT molecular complexity index is 499. The van der Waals surface area contributed by atoms with Gasteiger partial charge >= 0.3 is 0 Å². The van der Waals surface area contributed by atoms with Crippen LogP contribution in [0.2, 0.25) is 5.02 Å². The van der Waals surface area contributed by atoms with Crippen LogP contribution in [0.4, 0.5) is 0 Å². The second-order valence-corrected chi connectivity index (χ2v) is 6.99. The lowest BCUT2D eigenvalue weighted by Crippen LogP contribution is -2.63. The summed E-state index contributed by atoms with van der Waals surface area (Å²) >= 11 is 6.13. The Morgan fingerprint density at radius 2 is 2.14 bits per heavy atom. The van der Waals surface area contributed by atoms with Gasteiger partial charge in [-0.3, -0.25) is 0 Å². The first-order valence-electron chi connectivity index (χ1n) is 7.78. The molecule has 0 amide bonds. The molecule has 4 heteroatoms. The van der Waals surface area contributed by atoms with Gasteiger partial charge in [0.2, 0.25) is 0 Å². The number of rotatable bonds is 5. The Labute approximate surface area is 131 Å². The van der Waals surface area contributed by atoms with E-state index in [0.29, 0.717) is 12.5 Å². The van der Waals surface area contributed by atoms with Gasteiger partial charge < -0.3 is 15.2 Å². The number of nitrogens with two attached hydrogens (primary N) is 1. The molecule has 3 aliphatic rings. The smallest absolute Gasteiger partial charge is 0.117 e. The van der Waals surface area contributed by atoms with Gasteiger partial charge in [-0.15, -0.1) is 0 Å². The first-order chi connectivity index (χ1) is 10.1. The van der Waals surface area contributed by atoms with Crippen molar-refractivity contribution in [3.63, 3.8) is 0 Å². The van der Waals surface area contributed by atoms with Crippen molar-refractivity contribution >= 4 is 11.6 Å². The minimum absolute atomic E-state index is 0.202. The molecule has 21 heavy (non-hydrogen) atoms. The topological polar surface area (TPSA) is 44.5 Å². The molecule has 1 aromatic rings. The maximum Gasteiger partial charge on any atom is 0.117 e. The van der Waals surface area contributed by atoms with Crippen LogP contribution >= 0.6 is 11.6 Å². The highest BCUT2D eigenvalue weighted by atomic mass is 35.5. The van der Waals surface area contributed by atoms with Crippen LogP contribution in [-0.2, 0) is 15.9 Å². The Morgan fingerprint density at radius 1 is 1.38 bits per heavy atom. The molecule has 2 bridgehead atoms. The highest BCUT2D eigenvalue weighted by Gasteiger charge is 2.53. The summed E-state index contributed by atoms with van der Waals surface area (Å²) in [5, 5.41) is 0.776. The van der Waals surface area contributed by atoms with Gasteiger partial charge in [-0.2, -0.15) is 0 Å². The molecule has 0 aromatic heterocycles. The number of methoxy groups -OCH3 is 1. The molecule has 0 radical (unpaired) electrons. The zero-order chi connectivity index (χ0) is 14.9. The Kier molecular flexibility index (Phi) is 4.28. The van der Waals surface area contributed by atoms with Crippen LogP contribution in [0.1, 0.15) is 37.7 Å². The summed E-state index contributed by atoms with van der Waals surface area (Å²) in [6.45, 7) is 0.702. The summed E-state index contributed by atoms with van der Waals surface area (Å²) in [4.78, 5) is 0. The first kappa shape index (κ1) is 15.3. The number of hydrogen-bond acceptors (Lipinski definition) is 3. The van der Waals surface area contributed by atoms with Gasteiger partial charge in [-0.1, -0.05) is 23.7 Å². The van der Waals surface area contributed by atoms with Crippen molar-refractivity contribution in [3.8, 4) is 0 Å². The Hall–Kier alpha value is -0.610. The molecule has 2 saturated heterocycles. The lowest BCUT2D eigenvalue weighted by Gasteiger charge is -2.56. The number of hydrogen-bond donors (Lipinski definition) is 1. The highest BCUT2D eigenvalue weighted by molar-refractivity contribution is 6.30. The maximum atomic E-state index is 6.46. The number of halogens is 1. The van der Waals surface area contributed by atoms with E-state index in [9.17, 15) is 0 Å². The van der Waals surface area contributed by atoms with Crippen LogP contribution in [0.5, 0.6) is 0 Å². The molecule has 116 valence electrons. The molecular weight excluding hydrogens is 286 g/mol. The quantitative estimate of drug-likeness (QED) is 0.905. The van der Waals surface area contributed by atoms with Crippen molar-refractivity contribution in [2.75, 3.05) is 13.7 Å². The molecular formula is C17H24ClNO2. The van der Waals surface area contributed by atoms with E-state index >= 15 is 0 Å². The molecule has 2 N–H and O–H groups in total. The third kappa shape index (κ3) is 3.11. The largest absolute Gasteiger partial charge is 0.385 e. The number of benzene rings is 1. The predicted molar refractivity (Wildman–Crippen MR) is 84.3 cm³/mol. The van der Waals surface area contributed by atoms with Crippen molar-refractivity contribution < 1.29 is 9.47 Å². The van der Waals surface area contributed by atoms with Gasteiger partial charge in [0.25, 0.3) is 0 Å². The molecule has 1 aliphatic carbocycles. The average Bonchev–Trinajstić information content (AvgIpc) is 2.45. The molecule has 4 rings (SSSR count). The molecule has 2 heterocycles. The van der Waals surface area contributed by atoms with E-state index in [2.05, 4.69) is 6.07 Å². The number of fused-ring (bicyclic) bond motifs is 3. The highest BCUT2D eigenvalue weighted by Crippen LogP contribution is 2.50. The van der Waals surface area contributed by atoms with Gasteiger partial charge in [-0.05, 0) is 49.3 Å². The second-order valence-electron chi connectivity index (χ2n) is 6.56. The van der Waals surface area contributed by atoms with Gasteiger partial charge in [0.1, 0.15) is 5.72 Å². The lowest BCUT2D eigenvalue weighted by atomic mass is 9.67. The van der Waals surface area contributed by atoms with Crippen molar-refractivity contribution in [2.24, 2.45) is 11.7 Å².